The number of fused-ring (bicyclic) bond motifs is 1. The van der Waals surface area contributed by atoms with Crippen LogP contribution in [0.25, 0.3) is 10.8 Å². The maximum atomic E-state index is 11.3. The second kappa shape index (κ2) is 5.49. The number of aromatic nitrogens is 1. The van der Waals surface area contributed by atoms with Crippen LogP contribution in [-0.2, 0) is 0 Å². The summed E-state index contributed by atoms with van der Waals surface area (Å²) >= 11 is 0. The van der Waals surface area contributed by atoms with Crippen LogP contribution in [0, 0.1) is 0 Å². The molecular formula is C16H18N2O2. The Morgan fingerprint density at radius 3 is 2.35 bits per heavy atom. The minimum absolute atomic E-state index is 0.277. The van der Waals surface area contributed by atoms with E-state index in [9.17, 15) is 9.90 Å². The Labute approximate surface area is 118 Å². The van der Waals surface area contributed by atoms with Crippen LogP contribution < -0.4 is 4.90 Å². The summed E-state index contributed by atoms with van der Waals surface area (Å²) in [5.74, 6) is 0.00335. The molecule has 1 aromatic carbocycles. The monoisotopic (exact) mass is 270 g/mol. The number of rotatable bonds is 2. The zero-order valence-corrected chi connectivity index (χ0v) is 11.4. The quantitative estimate of drug-likeness (QED) is 0.909. The van der Waals surface area contributed by atoms with Crippen LogP contribution in [0.15, 0.2) is 30.5 Å². The lowest BCUT2D eigenvalue weighted by molar-refractivity contribution is 0.0698. The van der Waals surface area contributed by atoms with Gasteiger partial charge >= 0.3 is 5.97 Å². The van der Waals surface area contributed by atoms with Gasteiger partial charge in [0.2, 0.25) is 0 Å². The molecule has 4 nitrogen and oxygen atoms in total. The molecule has 1 saturated heterocycles. The van der Waals surface area contributed by atoms with E-state index in [1.165, 1.54) is 31.9 Å². The van der Waals surface area contributed by atoms with E-state index in [1.54, 1.807) is 0 Å². The molecule has 1 fully saturated rings. The summed E-state index contributed by atoms with van der Waals surface area (Å²) < 4.78 is 0. The smallest absolute Gasteiger partial charge is 0.337 e. The molecule has 4 heteroatoms. The summed E-state index contributed by atoms with van der Waals surface area (Å²) in [6.45, 7) is 2.01. The van der Waals surface area contributed by atoms with Crippen molar-refractivity contribution in [2.45, 2.75) is 25.7 Å². The van der Waals surface area contributed by atoms with Crippen LogP contribution in [0.4, 0.5) is 5.82 Å². The molecule has 2 heterocycles. The molecule has 20 heavy (non-hydrogen) atoms. The maximum absolute atomic E-state index is 11.3. The molecule has 1 aliphatic heterocycles. The molecule has 0 amide bonds. The van der Waals surface area contributed by atoms with Crippen molar-refractivity contribution >= 4 is 22.6 Å². The van der Waals surface area contributed by atoms with E-state index in [-0.39, 0.29) is 5.56 Å². The maximum Gasteiger partial charge on any atom is 0.337 e. The molecule has 0 saturated carbocycles. The summed E-state index contributed by atoms with van der Waals surface area (Å²) in [7, 11) is 0. The second-order valence-electron chi connectivity index (χ2n) is 5.25. The Morgan fingerprint density at radius 1 is 1.05 bits per heavy atom. The summed E-state index contributed by atoms with van der Waals surface area (Å²) in [5, 5.41) is 11.0. The molecule has 1 N–H and O–H groups in total. The first-order valence-electron chi connectivity index (χ1n) is 7.13. The molecule has 0 bridgehead atoms. The number of carboxylic acids is 1. The number of aromatic carboxylic acids is 1. The highest BCUT2D eigenvalue weighted by Gasteiger charge is 2.17. The number of anilines is 1. The molecule has 3 rings (SSSR count). The average molecular weight is 270 g/mol. The van der Waals surface area contributed by atoms with Crippen molar-refractivity contribution in [3.8, 4) is 0 Å². The number of carbonyl (C=O) groups is 1. The topological polar surface area (TPSA) is 53.4 Å². The standard InChI is InChI=1S/C16H18N2O2/c19-16(20)14-11-17-15(13-8-4-3-7-12(13)14)18-9-5-1-2-6-10-18/h3-4,7-8,11H,1-2,5-6,9-10H2,(H,19,20). The van der Waals surface area contributed by atoms with E-state index in [2.05, 4.69) is 9.88 Å². The van der Waals surface area contributed by atoms with Crippen molar-refractivity contribution in [1.82, 2.24) is 4.98 Å². The van der Waals surface area contributed by atoms with Gasteiger partial charge in [0.1, 0.15) is 5.82 Å². The van der Waals surface area contributed by atoms with E-state index in [1.807, 2.05) is 24.3 Å². The normalized spacial score (nSPS) is 16.1. The van der Waals surface area contributed by atoms with Gasteiger partial charge in [0, 0.05) is 30.1 Å². The van der Waals surface area contributed by atoms with Crippen LogP contribution >= 0.6 is 0 Å². The molecule has 1 aromatic heterocycles. The van der Waals surface area contributed by atoms with Crippen molar-refractivity contribution in [3.05, 3.63) is 36.0 Å². The van der Waals surface area contributed by atoms with Gasteiger partial charge in [0.05, 0.1) is 5.56 Å². The lowest BCUT2D eigenvalue weighted by Gasteiger charge is -2.23. The highest BCUT2D eigenvalue weighted by molar-refractivity contribution is 6.06. The number of nitrogens with zero attached hydrogens (tertiary/aromatic N) is 2. The first-order valence-corrected chi connectivity index (χ1v) is 7.13. The number of pyridine rings is 1. The Morgan fingerprint density at radius 2 is 1.70 bits per heavy atom. The van der Waals surface area contributed by atoms with Crippen LogP contribution in [0.1, 0.15) is 36.0 Å². The van der Waals surface area contributed by atoms with Gasteiger partial charge in [-0.1, -0.05) is 37.1 Å². The van der Waals surface area contributed by atoms with Gasteiger partial charge in [0.15, 0.2) is 0 Å². The number of hydrogen-bond acceptors (Lipinski definition) is 3. The minimum atomic E-state index is -0.920. The first kappa shape index (κ1) is 12.9. The number of benzene rings is 1. The SMILES string of the molecule is O=C(O)c1cnc(N2CCCCCC2)c2ccccc12. The van der Waals surface area contributed by atoms with Gasteiger partial charge in [-0.2, -0.15) is 0 Å². The highest BCUT2D eigenvalue weighted by atomic mass is 16.4. The molecule has 0 radical (unpaired) electrons. The molecule has 2 aromatic rings. The van der Waals surface area contributed by atoms with E-state index in [0.29, 0.717) is 0 Å². The largest absolute Gasteiger partial charge is 0.478 e. The van der Waals surface area contributed by atoms with Gasteiger partial charge in [-0.15, -0.1) is 0 Å². The van der Waals surface area contributed by atoms with Gasteiger partial charge in [0.25, 0.3) is 0 Å². The molecule has 0 unspecified atom stereocenters. The summed E-state index contributed by atoms with van der Waals surface area (Å²) in [5.41, 5.74) is 0.277. The van der Waals surface area contributed by atoms with E-state index in [0.717, 1.165) is 29.7 Å². The van der Waals surface area contributed by atoms with Crippen molar-refractivity contribution in [2.75, 3.05) is 18.0 Å². The predicted octanol–water partition coefficient (Wildman–Crippen LogP) is 3.31. The fraction of sp³-hybridized carbons (Fsp3) is 0.375. The van der Waals surface area contributed by atoms with Crippen molar-refractivity contribution in [2.24, 2.45) is 0 Å². The van der Waals surface area contributed by atoms with Crippen molar-refractivity contribution in [3.63, 3.8) is 0 Å². The third-order valence-electron chi connectivity index (χ3n) is 3.91. The molecule has 104 valence electrons. The Bertz CT molecular complexity index is 631. The second-order valence-corrected chi connectivity index (χ2v) is 5.25. The summed E-state index contributed by atoms with van der Waals surface area (Å²) in [6.07, 6.45) is 6.38. The van der Waals surface area contributed by atoms with E-state index < -0.39 is 5.97 Å². The Hall–Kier alpha value is -2.10. The lowest BCUT2D eigenvalue weighted by Crippen LogP contribution is -2.25. The Kier molecular flexibility index (Phi) is 3.54. The third-order valence-corrected chi connectivity index (χ3v) is 3.91. The molecule has 0 spiro atoms. The van der Waals surface area contributed by atoms with E-state index in [4.69, 9.17) is 0 Å². The minimum Gasteiger partial charge on any atom is -0.478 e. The van der Waals surface area contributed by atoms with Gasteiger partial charge < -0.3 is 10.0 Å². The van der Waals surface area contributed by atoms with Crippen LogP contribution in [0.3, 0.4) is 0 Å². The van der Waals surface area contributed by atoms with Crippen LogP contribution in [0.5, 0.6) is 0 Å². The highest BCUT2D eigenvalue weighted by Crippen LogP contribution is 2.28. The number of hydrogen-bond donors (Lipinski definition) is 1. The van der Waals surface area contributed by atoms with Gasteiger partial charge in [-0.3, -0.25) is 0 Å². The van der Waals surface area contributed by atoms with Crippen molar-refractivity contribution < 1.29 is 9.90 Å². The molecular weight excluding hydrogens is 252 g/mol. The zero-order chi connectivity index (χ0) is 13.9. The van der Waals surface area contributed by atoms with E-state index >= 15 is 0 Å². The Balaban J connectivity index is 2.12. The predicted molar refractivity (Wildman–Crippen MR) is 79.4 cm³/mol. The summed E-state index contributed by atoms with van der Waals surface area (Å²) in [4.78, 5) is 18.0. The fourth-order valence-corrected chi connectivity index (χ4v) is 2.88. The van der Waals surface area contributed by atoms with Crippen molar-refractivity contribution in [1.29, 1.82) is 0 Å². The third kappa shape index (κ3) is 2.33. The van der Waals surface area contributed by atoms with Gasteiger partial charge in [-0.05, 0) is 12.8 Å². The summed E-state index contributed by atoms with van der Waals surface area (Å²) in [6, 6.07) is 7.65. The van der Waals surface area contributed by atoms with Crippen LogP contribution in [-0.4, -0.2) is 29.1 Å². The molecule has 0 aliphatic carbocycles. The molecule has 0 atom stereocenters. The number of carboxylic acid groups (broad SMARTS) is 1. The zero-order valence-electron chi connectivity index (χ0n) is 11.4. The lowest BCUT2D eigenvalue weighted by atomic mass is 10.1. The van der Waals surface area contributed by atoms with Gasteiger partial charge in [-0.25, -0.2) is 9.78 Å². The van der Waals surface area contributed by atoms with Crippen LogP contribution in [0.2, 0.25) is 0 Å². The molecule has 1 aliphatic rings. The fourth-order valence-electron chi connectivity index (χ4n) is 2.88. The average Bonchev–Trinajstić information content (AvgIpc) is 2.75. The first-order chi connectivity index (χ1) is 9.77.